The van der Waals surface area contributed by atoms with Crippen LogP contribution in [0.15, 0.2) is 46.9 Å². The van der Waals surface area contributed by atoms with Gasteiger partial charge in [0.05, 0.1) is 14.2 Å². The van der Waals surface area contributed by atoms with Crippen LogP contribution in [0.2, 0.25) is 0 Å². The van der Waals surface area contributed by atoms with Gasteiger partial charge in [-0.2, -0.15) is 0 Å². The summed E-state index contributed by atoms with van der Waals surface area (Å²) >= 11 is 0. The van der Waals surface area contributed by atoms with Gasteiger partial charge in [0.15, 0.2) is 11.5 Å². The van der Waals surface area contributed by atoms with Gasteiger partial charge in [0, 0.05) is 16.5 Å². The lowest BCUT2D eigenvalue weighted by atomic mass is 10.0. The van der Waals surface area contributed by atoms with Gasteiger partial charge in [0.25, 0.3) is 0 Å². The number of rotatable bonds is 4. The van der Waals surface area contributed by atoms with Crippen LogP contribution < -0.4 is 9.47 Å². The van der Waals surface area contributed by atoms with E-state index in [1.165, 1.54) is 5.56 Å². The molecule has 3 nitrogen and oxygen atoms in total. The summed E-state index contributed by atoms with van der Waals surface area (Å²) < 4.78 is 16.8. The van der Waals surface area contributed by atoms with Gasteiger partial charge >= 0.3 is 0 Å². The Bertz CT molecular complexity index is 872. The van der Waals surface area contributed by atoms with Crippen LogP contribution in [0, 0.1) is 6.92 Å². The first-order valence-electron chi connectivity index (χ1n) is 7.56. The molecule has 1 aromatic heterocycles. The molecule has 0 unspecified atom stereocenters. The molecular weight excluding hydrogens is 288 g/mol. The molecule has 0 radical (unpaired) electrons. The minimum absolute atomic E-state index is 0.694. The van der Waals surface area contributed by atoms with Crippen molar-refractivity contribution in [2.45, 2.75) is 13.8 Å². The first-order chi connectivity index (χ1) is 11.2. The van der Waals surface area contributed by atoms with Crippen LogP contribution in [-0.2, 0) is 0 Å². The molecule has 0 aliphatic heterocycles. The first-order valence-corrected chi connectivity index (χ1v) is 7.56. The van der Waals surface area contributed by atoms with Crippen molar-refractivity contribution < 1.29 is 13.9 Å². The van der Waals surface area contributed by atoms with Crippen molar-refractivity contribution in [3.8, 4) is 22.8 Å². The smallest absolute Gasteiger partial charge is 0.161 e. The fourth-order valence-electron chi connectivity index (χ4n) is 2.79. The minimum atomic E-state index is 0.694. The minimum Gasteiger partial charge on any atom is -0.493 e. The van der Waals surface area contributed by atoms with Crippen molar-refractivity contribution in [3.63, 3.8) is 0 Å². The molecule has 3 aromatic rings. The Morgan fingerprint density at radius 2 is 1.74 bits per heavy atom. The summed E-state index contributed by atoms with van der Waals surface area (Å²) in [6.07, 6.45) is 4.12. The zero-order valence-corrected chi connectivity index (χ0v) is 13.8. The molecule has 3 rings (SSSR count). The second kappa shape index (κ2) is 6.21. The third-order valence-corrected chi connectivity index (χ3v) is 3.97. The fraction of sp³-hybridized carbons (Fsp3) is 0.200. The SMILES string of the molecule is CC=Cc1ccc2oc(-c3ccc(OC)c(OC)c3)c(C)c2c1. The molecule has 0 saturated heterocycles. The molecule has 118 valence electrons. The highest BCUT2D eigenvalue weighted by molar-refractivity contribution is 5.89. The van der Waals surface area contributed by atoms with Crippen LogP contribution in [0.3, 0.4) is 0 Å². The van der Waals surface area contributed by atoms with Gasteiger partial charge in [-0.3, -0.25) is 0 Å². The second-order valence-corrected chi connectivity index (χ2v) is 5.38. The van der Waals surface area contributed by atoms with Crippen molar-refractivity contribution in [1.29, 1.82) is 0 Å². The summed E-state index contributed by atoms with van der Waals surface area (Å²) in [5, 5.41) is 1.13. The van der Waals surface area contributed by atoms with E-state index in [1.54, 1.807) is 14.2 Å². The molecule has 2 aromatic carbocycles. The van der Waals surface area contributed by atoms with E-state index in [0.717, 1.165) is 27.9 Å². The maximum atomic E-state index is 6.07. The topological polar surface area (TPSA) is 31.6 Å². The summed E-state index contributed by atoms with van der Waals surface area (Å²) in [6.45, 7) is 4.10. The third kappa shape index (κ3) is 2.70. The van der Waals surface area contributed by atoms with Crippen molar-refractivity contribution in [1.82, 2.24) is 0 Å². The second-order valence-electron chi connectivity index (χ2n) is 5.38. The standard InChI is InChI=1S/C20H20O3/c1-5-6-14-7-9-17-16(11-14)13(2)20(23-17)15-8-10-18(21-3)19(12-15)22-4/h5-12H,1-4H3. The van der Waals surface area contributed by atoms with E-state index < -0.39 is 0 Å². The maximum Gasteiger partial charge on any atom is 0.161 e. The average molecular weight is 308 g/mol. The molecule has 23 heavy (non-hydrogen) atoms. The Hall–Kier alpha value is -2.68. The van der Waals surface area contributed by atoms with Gasteiger partial charge in [-0.1, -0.05) is 18.2 Å². The molecule has 0 amide bonds. The van der Waals surface area contributed by atoms with Gasteiger partial charge in [-0.15, -0.1) is 0 Å². The maximum absolute atomic E-state index is 6.07. The molecule has 0 saturated carbocycles. The van der Waals surface area contributed by atoms with E-state index in [9.17, 15) is 0 Å². The van der Waals surface area contributed by atoms with Gasteiger partial charge in [-0.05, 0) is 49.7 Å². The Balaban J connectivity index is 2.15. The molecule has 0 bridgehead atoms. The fourth-order valence-corrected chi connectivity index (χ4v) is 2.79. The number of benzene rings is 2. The molecule has 0 aliphatic carbocycles. The van der Waals surface area contributed by atoms with Crippen molar-refractivity contribution in [2.24, 2.45) is 0 Å². The largest absolute Gasteiger partial charge is 0.493 e. The Kier molecular flexibility index (Phi) is 4.11. The molecule has 0 aliphatic rings. The van der Waals surface area contributed by atoms with E-state index in [-0.39, 0.29) is 0 Å². The van der Waals surface area contributed by atoms with Crippen LogP contribution in [0.25, 0.3) is 28.4 Å². The van der Waals surface area contributed by atoms with Crippen LogP contribution in [0.4, 0.5) is 0 Å². The highest BCUT2D eigenvalue weighted by Gasteiger charge is 2.15. The molecule has 0 N–H and O–H groups in total. The summed E-state index contributed by atoms with van der Waals surface area (Å²) in [5.74, 6) is 2.26. The zero-order valence-electron chi connectivity index (χ0n) is 13.8. The molecule has 0 spiro atoms. The molecule has 1 heterocycles. The highest BCUT2D eigenvalue weighted by Crippen LogP contribution is 2.37. The van der Waals surface area contributed by atoms with Gasteiger partial charge in [0.1, 0.15) is 11.3 Å². The van der Waals surface area contributed by atoms with Gasteiger partial charge in [-0.25, -0.2) is 0 Å². The van der Waals surface area contributed by atoms with Gasteiger partial charge in [0.2, 0.25) is 0 Å². The number of hydrogen-bond acceptors (Lipinski definition) is 3. The number of aryl methyl sites for hydroxylation is 1. The third-order valence-electron chi connectivity index (χ3n) is 3.97. The van der Waals surface area contributed by atoms with Crippen molar-refractivity contribution in [3.05, 3.63) is 53.6 Å². The normalized spacial score (nSPS) is 11.3. The van der Waals surface area contributed by atoms with Crippen molar-refractivity contribution >= 4 is 17.0 Å². The summed E-state index contributed by atoms with van der Waals surface area (Å²) in [4.78, 5) is 0. The van der Waals surface area contributed by atoms with E-state index in [2.05, 4.69) is 25.1 Å². The summed E-state index contributed by atoms with van der Waals surface area (Å²) in [6, 6.07) is 12.0. The van der Waals surface area contributed by atoms with E-state index >= 15 is 0 Å². The van der Waals surface area contributed by atoms with Crippen LogP contribution in [-0.4, -0.2) is 14.2 Å². The lowest BCUT2D eigenvalue weighted by molar-refractivity contribution is 0.355. The predicted molar refractivity (Wildman–Crippen MR) is 94.2 cm³/mol. The lowest BCUT2D eigenvalue weighted by Gasteiger charge is -2.08. The van der Waals surface area contributed by atoms with Crippen LogP contribution in [0.5, 0.6) is 11.5 Å². The predicted octanol–water partition coefficient (Wildman–Crippen LogP) is 5.46. The van der Waals surface area contributed by atoms with E-state index in [0.29, 0.717) is 11.5 Å². The Morgan fingerprint density at radius 1 is 0.957 bits per heavy atom. The average Bonchev–Trinajstić information content (AvgIpc) is 2.91. The molecule has 0 atom stereocenters. The number of furan rings is 1. The van der Waals surface area contributed by atoms with E-state index in [4.69, 9.17) is 13.9 Å². The molecule has 3 heteroatoms. The number of hydrogen-bond donors (Lipinski definition) is 0. The quantitative estimate of drug-likeness (QED) is 0.641. The molecular formula is C20H20O3. The molecule has 0 fully saturated rings. The Labute approximate surface area is 136 Å². The number of fused-ring (bicyclic) bond motifs is 1. The highest BCUT2D eigenvalue weighted by atomic mass is 16.5. The van der Waals surface area contributed by atoms with Crippen LogP contribution >= 0.6 is 0 Å². The number of allylic oxidation sites excluding steroid dienone is 1. The van der Waals surface area contributed by atoms with E-state index in [1.807, 2.05) is 37.3 Å². The first kappa shape index (κ1) is 15.2. The van der Waals surface area contributed by atoms with Gasteiger partial charge < -0.3 is 13.9 Å². The summed E-state index contributed by atoms with van der Waals surface area (Å²) in [7, 11) is 3.27. The lowest BCUT2D eigenvalue weighted by Crippen LogP contribution is -1.90. The summed E-state index contributed by atoms with van der Waals surface area (Å²) in [5.41, 5.74) is 4.16. The number of ether oxygens (including phenoxy) is 2. The van der Waals surface area contributed by atoms with Crippen molar-refractivity contribution in [2.75, 3.05) is 14.2 Å². The monoisotopic (exact) mass is 308 g/mol. The Morgan fingerprint density at radius 3 is 2.43 bits per heavy atom. The zero-order chi connectivity index (χ0) is 16.4. The van der Waals surface area contributed by atoms with Crippen LogP contribution in [0.1, 0.15) is 18.1 Å². The number of methoxy groups -OCH3 is 2.